The van der Waals surface area contributed by atoms with Crippen LogP contribution in [0.2, 0.25) is 0 Å². The van der Waals surface area contributed by atoms with Gasteiger partial charge in [0.05, 0.1) is 0 Å². The molecular formula is C12H14BrNO2. The molecule has 1 heterocycles. The van der Waals surface area contributed by atoms with E-state index < -0.39 is 0 Å². The predicted molar refractivity (Wildman–Crippen MR) is 67.9 cm³/mol. The first-order valence-electron chi connectivity index (χ1n) is 5.05. The molecule has 0 bridgehead atoms. The maximum Gasteiger partial charge on any atom is 0.244 e. The lowest BCUT2D eigenvalue weighted by molar-refractivity contribution is -0.116. The highest BCUT2D eigenvalue weighted by atomic mass is 79.9. The van der Waals surface area contributed by atoms with Crippen molar-refractivity contribution in [3.05, 3.63) is 40.8 Å². The molecule has 1 amide bonds. The Morgan fingerprint density at radius 1 is 1.56 bits per heavy atom. The zero-order valence-electron chi connectivity index (χ0n) is 9.07. The van der Waals surface area contributed by atoms with E-state index in [4.69, 9.17) is 4.42 Å². The van der Waals surface area contributed by atoms with Gasteiger partial charge in [-0.3, -0.25) is 4.79 Å². The molecule has 1 aromatic rings. The number of amides is 1. The second-order valence-electron chi connectivity index (χ2n) is 3.12. The van der Waals surface area contributed by atoms with Crippen LogP contribution in [0.3, 0.4) is 0 Å². The molecule has 86 valence electrons. The van der Waals surface area contributed by atoms with Gasteiger partial charge in [-0.25, -0.2) is 0 Å². The number of allylic oxidation sites excluding steroid dienone is 1. The highest BCUT2D eigenvalue weighted by Gasteiger charge is 1.96. The molecule has 0 aromatic carbocycles. The summed E-state index contributed by atoms with van der Waals surface area (Å²) in [7, 11) is 0. The fourth-order valence-electron chi connectivity index (χ4n) is 1.08. The highest BCUT2D eigenvalue weighted by molar-refractivity contribution is 9.10. The van der Waals surface area contributed by atoms with E-state index in [0.717, 1.165) is 6.42 Å². The van der Waals surface area contributed by atoms with Crippen LogP contribution in [0.5, 0.6) is 0 Å². The fraction of sp³-hybridized carbons (Fsp3) is 0.250. The van der Waals surface area contributed by atoms with Crippen molar-refractivity contribution in [3.8, 4) is 0 Å². The largest absolute Gasteiger partial charge is 0.450 e. The minimum atomic E-state index is -0.114. The summed E-state index contributed by atoms with van der Waals surface area (Å²) in [5.41, 5.74) is 0. The third kappa shape index (κ3) is 4.98. The molecular weight excluding hydrogens is 270 g/mol. The van der Waals surface area contributed by atoms with E-state index >= 15 is 0 Å². The lowest BCUT2D eigenvalue weighted by Crippen LogP contribution is -2.21. The Morgan fingerprint density at radius 3 is 3.00 bits per heavy atom. The van der Waals surface area contributed by atoms with Gasteiger partial charge in [-0.1, -0.05) is 12.2 Å². The second-order valence-corrected chi connectivity index (χ2v) is 3.91. The molecule has 4 heteroatoms. The number of furan rings is 1. The van der Waals surface area contributed by atoms with Crippen molar-refractivity contribution in [1.82, 2.24) is 5.32 Å². The lowest BCUT2D eigenvalue weighted by Gasteiger charge is -1.97. The van der Waals surface area contributed by atoms with E-state index in [2.05, 4.69) is 21.2 Å². The summed E-state index contributed by atoms with van der Waals surface area (Å²) >= 11 is 3.19. The molecule has 1 aromatic heterocycles. The molecule has 0 radical (unpaired) electrons. The van der Waals surface area contributed by atoms with Crippen LogP contribution in [-0.4, -0.2) is 12.5 Å². The molecule has 0 aliphatic heterocycles. The van der Waals surface area contributed by atoms with Gasteiger partial charge in [-0.2, -0.15) is 0 Å². The average Bonchev–Trinajstić information content (AvgIpc) is 2.68. The van der Waals surface area contributed by atoms with Gasteiger partial charge >= 0.3 is 0 Å². The van der Waals surface area contributed by atoms with Gasteiger partial charge in [0.1, 0.15) is 5.76 Å². The topological polar surface area (TPSA) is 42.2 Å². The number of hydrogen-bond acceptors (Lipinski definition) is 2. The normalized spacial score (nSPS) is 11.4. The number of carbonyl (C=O) groups is 1. The maximum absolute atomic E-state index is 11.3. The lowest BCUT2D eigenvalue weighted by atomic mass is 10.3. The van der Waals surface area contributed by atoms with Gasteiger partial charge < -0.3 is 9.73 Å². The van der Waals surface area contributed by atoms with Crippen molar-refractivity contribution >= 4 is 27.9 Å². The Balaban J connectivity index is 2.31. The van der Waals surface area contributed by atoms with E-state index in [-0.39, 0.29) is 5.91 Å². The number of hydrogen-bond donors (Lipinski definition) is 1. The summed E-state index contributed by atoms with van der Waals surface area (Å²) in [5, 5.41) is 2.76. The Hall–Kier alpha value is -1.29. The third-order valence-electron chi connectivity index (χ3n) is 1.84. The summed E-state index contributed by atoms with van der Waals surface area (Å²) in [5.74, 6) is 0.535. The summed E-state index contributed by atoms with van der Waals surface area (Å²) in [6.45, 7) is 2.60. The molecule has 1 rings (SSSR count). The molecule has 1 N–H and O–H groups in total. The van der Waals surface area contributed by atoms with E-state index in [1.54, 1.807) is 18.2 Å². The van der Waals surface area contributed by atoms with Crippen LogP contribution in [0.25, 0.3) is 6.08 Å². The van der Waals surface area contributed by atoms with Crippen LogP contribution in [0, 0.1) is 0 Å². The molecule has 0 fully saturated rings. The maximum atomic E-state index is 11.3. The van der Waals surface area contributed by atoms with Crippen LogP contribution in [0.1, 0.15) is 19.1 Å². The molecule has 0 saturated heterocycles. The van der Waals surface area contributed by atoms with E-state index in [0.29, 0.717) is 17.0 Å². The van der Waals surface area contributed by atoms with Gasteiger partial charge in [0.15, 0.2) is 4.67 Å². The van der Waals surface area contributed by atoms with Crippen molar-refractivity contribution in [3.63, 3.8) is 0 Å². The Morgan fingerprint density at radius 2 is 2.38 bits per heavy atom. The van der Waals surface area contributed by atoms with Crippen LogP contribution in [-0.2, 0) is 4.79 Å². The first kappa shape index (κ1) is 12.8. The summed E-state index contributed by atoms with van der Waals surface area (Å²) in [6.07, 6.45) is 7.91. The molecule has 0 saturated carbocycles. The van der Waals surface area contributed by atoms with Gasteiger partial charge in [0.2, 0.25) is 5.91 Å². The fourth-order valence-corrected chi connectivity index (χ4v) is 1.40. The number of carbonyl (C=O) groups excluding carboxylic acids is 1. The number of rotatable bonds is 5. The first-order valence-corrected chi connectivity index (χ1v) is 5.84. The quantitative estimate of drug-likeness (QED) is 0.513. The van der Waals surface area contributed by atoms with Crippen LogP contribution >= 0.6 is 15.9 Å². The van der Waals surface area contributed by atoms with Crippen molar-refractivity contribution in [2.45, 2.75) is 13.3 Å². The highest BCUT2D eigenvalue weighted by Crippen LogP contribution is 2.14. The van der Waals surface area contributed by atoms with Crippen LogP contribution < -0.4 is 5.32 Å². The van der Waals surface area contributed by atoms with E-state index in [9.17, 15) is 4.79 Å². The SMILES string of the molecule is C/C=C/CCNC(=O)/C=C/c1ccc(Br)o1. The summed E-state index contributed by atoms with van der Waals surface area (Å²) in [4.78, 5) is 11.3. The molecule has 0 aliphatic carbocycles. The third-order valence-corrected chi connectivity index (χ3v) is 2.27. The smallest absolute Gasteiger partial charge is 0.244 e. The van der Waals surface area contributed by atoms with Crippen molar-refractivity contribution < 1.29 is 9.21 Å². The van der Waals surface area contributed by atoms with E-state index in [1.807, 2.05) is 19.1 Å². The summed E-state index contributed by atoms with van der Waals surface area (Å²) in [6, 6.07) is 3.57. The zero-order valence-corrected chi connectivity index (χ0v) is 10.7. The molecule has 0 spiro atoms. The monoisotopic (exact) mass is 283 g/mol. The predicted octanol–water partition coefficient (Wildman–Crippen LogP) is 3.14. The average molecular weight is 284 g/mol. The molecule has 16 heavy (non-hydrogen) atoms. The van der Waals surface area contributed by atoms with Crippen molar-refractivity contribution in [2.75, 3.05) is 6.54 Å². The van der Waals surface area contributed by atoms with E-state index in [1.165, 1.54) is 6.08 Å². The molecule has 0 unspecified atom stereocenters. The Labute approximate surface area is 103 Å². The van der Waals surface area contributed by atoms with Crippen molar-refractivity contribution in [2.24, 2.45) is 0 Å². The van der Waals surface area contributed by atoms with Crippen molar-refractivity contribution in [1.29, 1.82) is 0 Å². The Bertz CT molecular complexity index is 393. The first-order chi connectivity index (χ1) is 7.72. The summed E-state index contributed by atoms with van der Waals surface area (Å²) < 4.78 is 5.87. The van der Waals surface area contributed by atoms with Gasteiger partial charge in [-0.05, 0) is 47.5 Å². The molecule has 0 atom stereocenters. The van der Waals surface area contributed by atoms with Crippen LogP contribution in [0.15, 0.2) is 39.4 Å². The minimum absolute atomic E-state index is 0.114. The zero-order chi connectivity index (χ0) is 11.8. The molecule has 0 aliphatic rings. The minimum Gasteiger partial charge on any atom is -0.450 e. The molecule has 3 nitrogen and oxygen atoms in total. The van der Waals surface area contributed by atoms with Gasteiger partial charge in [0.25, 0.3) is 0 Å². The van der Waals surface area contributed by atoms with Gasteiger partial charge in [-0.15, -0.1) is 0 Å². The number of nitrogens with one attached hydrogen (secondary N) is 1. The van der Waals surface area contributed by atoms with Gasteiger partial charge in [0, 0.05) is 12.6 Å². The Kier molecular flexibility index (Phi) is 5.64. The second kappa shape index (κ2) is 7.06. The number of halogens is 1. The standard InChI is InChI=1S/C12H14BrNO2/c1-2-3-4-9-14-12(15)8-6-10-5-7-11(13)16-10/h2-3,5-8H,4,9H2,1H3,(H,14,15)/b3-2+,8-6+. The van der Waals surface area contributed by atoms with Crippen LogP contribution in [0.4, 0.5) is 0 Å².